The minimum absolute atomic E-state index is 0.0758. The van der Waals surface area contributed by atoms with Crippen LogP contribution in [0.3, 0.4) is 0 Å². The Bertz CT molecular complexity index is 735. The molecule has 8 heteroatoms. The molecule has 2 aliphatic rings. The van der Waals surface area contributed by atoms with Gasteiger partial charge in [0.2, 0.25) is 5.91 Å². The summed E-state index contributed by atoms with van der Waals surface area (Å²) in [5.41, 5.74) is 0.859. The standard InChI is InChI=1S/C19H24F3N3O2/c1-12-5-6-13(16(26)24-11-19(20,21)22)8-15(12)25-17(27)18-7-3-2-4-14(18)9-23-10-18/h5-6,8,14,23H,2-4,7,9-11H2,1H3,(H,24,26)(H,25,27)/t14-,18+/m0/s1. The monoisotopic (exact) mass is 383 g/mol. The van der Waals surface area contributed by atoms with Crippen LogP contribution in [0.15, 0.2) is 18.2 Å². The SMILES string of the molecule is Cc1ccc(C(=O)NCC(F)(F)F)cc1NC(=O)[C@@]12CCCC[C@H]1CNC2. The summed E-state index contributed by atoms with van der Waals surface area (Å²) in [4.78, 5) is 25.1. The fourth-order valence-corrected chi connectivity index (χ4v) is 4.12. The van der Waals surface area contributed by atoms with Crippen molar-refractivity contribution in [1.29, 1.82) is 0 Å². The highest BCUT2D eigenvalue weighted by molar-refractivity contribution is 5.99. The summed E-state index contributed by atoms with van der Waals surface area (Å²) >= 11 is 0. The number of halogens is 3. The summed E-state index contributed by atoms with van der Waals surface area (Å²) in [6, 6.07) is 4.52. The van der Waals surface area contributed by atoms with Gasteiger partial charge >= 0.3 is 6.18 Å². The lowest BCUT2D eigenvalue weighted by Crippen LogP contribution is -2.44. The van der Waals surface area contributed by atoms with Crippen LogP contribution in [0, 0.1) is 18.3 Å². The maximum Gasteiger partial charge on any atom is 0.405 e. The number of nitrogens with one attached hydrogen (secondary N) is 3. The maximum atomic E-state index is 13.1. The Morgan fingerprint density at radius 2 is 2.07 bits per heavy atom. The highest BCUT2D eigenvalue weighted by atomic mass is 19.4. The van der Waals surface area contributed by atoms with E-state index in [4.69, 9.17) is 0 Å². The molecule has 1 aromatic carbocycles. The second-order valence-corrected chi connectivity index (χ2v) is 7.51. The van der Waals surface area contributed by atoms with Gasteiger partial charge in [0.05, 0.1) is 5.41 Å². The largest absolute Gasteiger partial charge is 0.405 e. The zero-order valence-electron chi connectivity index (χ0n) is 15.2. The van der Waals surface area contributed by atoms with Crippen LogP contribution < -0.4 is 16.0 Å². The van der Waals surface area contributed by atoms with Gasteiger partial charge in [0.25, 0.3) is 5.91 Å². The van der Waals surface area contributed by atoms with E-state index >= 15 is 0 Å². The summed E-state index contributed by atoms with van der Waals surface area (Å²) in [7, 11) is 0. The molecule has 2 fully saturated rings. The highest BCUT2D eigenvalue weighted by Gasteiger charge is 2.49. The average molecular weight is 383 g/mol. The number of alkyl halides is 3. The Hall–Kier alpha value is -2.09. The van der Waals surface area contributed by atoms with Gasteiger partial charge in [0, 0.05) is 17.8 Å². The van der Waals surface area contributed by atoms with E-state index in [0.717, 1.165) is 37.8 Å². The van der Waals surface area contributed by atoms with Crippen LogP contribution in [0.5, 0.6) is 0 Å². The Labute approximate surface area is 156 Å². The van der Waals surface area contributed by atoms with Crippen LogP contribution in [-0.2, 0) is 4.79 Å². The lowest BCUT2D eigenvalue weighted by Gasteiger charge is -2.37. The van der Waals surface area contributed by atoms with Gasteiger partial charge in [-0.15, -0.1) is 0 Å². The predicted octanol–water partition coefficient (Wildman–Crippen LogP) is 3.01. The molecular formula is C19H24F3N3O2. The van der Waals surface area contributed by atoms with Crippen molar-refractivity contribution in [3.8, 4) is 0 Å². The van der Waals surface area contributed by atoms with Gasteiger partial charge in [-0.1, -0.05) is 18.9 Å². The third-order valence-electron chi connectivity index (χ3n) is 5.69. The number of hydrogen-bond acceptors (Lipinski definition) is 3. The van der Waals surface area contributed by atoms with Crippen molar-refractivity contribution in [2.45, 2.75) is 38.8 Å². The van der Waals surface area contributed by atoms with Gasteiger partial charge in [0.15, 0.2) is 0 Å². The first-order chi connectivity index (χ1) is 12.7. The third-order valence-corrected chi connectivity index (χ3v) is 5.69. The first-order valence-corrected chi connectivity index (χ1v) is 9.19. The van der Waals surface area contributed by atoms with Gasteiger partial charge in [0.1, 0.15) is 6.54 Å². The van der Waals surface area contributed by atoms with E-state index in [0.29, 0.717) is 18.2 Å². The number of carbonyl (C=O) groups excluding carboxylic acids is 2. The predicted molar refractivity (Wildman–Crippen MR) is 95.5 cm³/mol. The second kappa shape index (κ2) is 7.50. The molecule has 0 bridgehead atoms. The van der Waals surface area contributed by atoms with Crippen LogP contribution in [-0.4, -0.2) is 37.6 Å². The fraction of sp³-hybridized carbons (Fsp3) is 0.579. The number of carbonyl (C=O) groups is 2. The molecule has 0 radical (unpaired) electrons. The number of hydrogen-bond donors (Lipinski definition) is 3. The molecule has 5 nitrogen and oxygen atoms in total. The molecule has 1 saturated carbocycles. The summed E-state index contributed by atoms with van der Waals surface area (Å²) < 4.78 is 36.9. The third kappa shape index (κ3) is 4.26. The van der Waals surface area contributed by atoms with Crippen molar-refractivity contribution in [3.63, 3.8) is 0 Å². The lowest BCUT2D eigenvalue weighted by atomic mass is 9.67. The van der Waals surface area contributed by atoms with Gasteiger partial charge in [-0.05, 0) is 49.9 Å². The molecule has 1 saturated heterocycles. The molecule has 1 aliphatic heterocycles. The molecule has 0 spiro atoms. The van der Waals surface area contributed by atoms with Crippen LogP contribution in [0.2, 0.25) is 0 Å². The molecule has 0 unspecified atom stereocenters. The topological polar surface area (TPSA) is 70.2 Å². The quantitative estimate of drug-likeness (QED) is 0.749. The summed E-state index contributed by atoms with van der Waals surface area (Å²) in [6.45, 7) is 1.86. The number of amides is 2. The van der Waals surface area contributed by atoms with Crippen LogP contribution >= 0.6 is 0 Å². The number of aryl methyl sites for hydroxylation is 1. The smallest absolute Gasteiger partial charge is 0.343 e. The molecule has 148 valence electrons. The Morgan fingerprint density at radius 1 is 1.30 bits per heavy atom. The summed E-state index contributed by atoms with van der Waals surface area (Å²) in [5.74, 6) is -0.600. The zero-order valence-corrected chi connectivity index (χ0v) is 15.2. The summed E-state index contributed by atoms with van der Waals surface area (Å²) in [5, 5.41) is 8.10. The van der Waals surface area contributed by atoms with Crippen molar-refractivity contribution in [1.82, 2.24) is 10.6 Å². The van der Waals surface area contributed by atoms with Crippen LogP contribution in [0.1, 0.15) is 41.6 Å². The van der Waals surface area contributed by atoms with Crippen molar-refractivity contribution < 1.29 is 22.8 Å². The molecule has 1 heterocycles. The molecular weight excluding hydrogens is 359 g/mol. The molecule has 0 aromatic heterocycles. The average Bonchev–Trinajstić information content (AvgIpc) is 3.06. The lowest BCUT2D eigenvalue weighted by molar-refractivity contribution is -0.128. The fourth-order valence-electron chi connectivity index (χ4n) is 4.12. The van der Waals surface area contributed by atoms with E-state index in [-0.39, 0.29) is 11.5 Å². The number of benzene rings is 1. The van der Waals surface area contributed by atoms with E-state index in [2.05, 4.69) is 10.6 Å². The van der Waals surface area contributed by atoms with Crippen LogP contribution in [0.4, 0.5) is 18.9 Å². The minimum Gasteiger partial charge on any atom is -0.343 e. The van der Waals surface area contributed by atoms with Crippen molar-refractivity contribution >= 4 is 17.5 Å². The minimum atomic E-state index is -4.47. The van der Waals surface area contributed by atoms with Crippen molar-refractivity contribution in [2.75, 3.05) is 25.0 Å². The van der Waals surface area contributed by atoms with E-state index in [9.17, 15) is 22.8 Å². The number of rotatable bonds is 4. The molecule has 2 amide bonds. The molecule has 1 aromatic rings. The Morgan fingerprint density at radius 3 is 2.81 bits per heavy atom. The van der Waals surface area contributed by atoms with Gasteiger partial charge in [-0.25, -0.2) is 0 Å². The van der Waals surface area contributed by atoms with Gasteiger partial charge < -0.3 is 16.0 Å². The molecule has 2 atom stereocenters. The normalized spacial score (nSPS) is 25.0. The van der Waals surface area contributed by atoms with Crippen LogP contribution in [0.25, 0.3) is 0 Å². The van der Waals surface area contributed by atoms with Gasteiger partial charge in [-0.2, -0.15) is 13.2 Å². The van der Waals surface area contributed by atoms with Crippen molar-refractivity contribution in [2.24, 2.45) is 11.3 Å². The molecule has 3 rings (SSSR count). The second-order valence-electron chi connectivity index (χ2n) is 7.51. The first kappa shape index (κ1) is 19.7. The highest BCUT2D eigenvalue weighted by Crippen LogP contribution is 2.44. The van der Waals surface area contributed by atoms with Gasteiger partial charge in [-0.3, -0.25) is 9.59 Å². The number of fused-ring (bicyclic) bond motifs is 1. The van der Waals surface area contributed by atoms with E-state index in [1.807, 2.05) is 5.32 Å². The molecule has 27 heavy (non-hydrogen) atoms. The maximum absolute atomic E-state index is 13.1. The Balaban J connectivity index is 1.75. The molecule has 1 aliphatic carbocycles. The van der Waals surface area contributed by atoms with Crippen molar-refractivity contribution in [3.05, 3.63) is 29.3 Å². The van der Waals surface area contributed by atoms with E-state index in [1.54, 1.807) is 13.0 Å². The summed E-state index contributed by atoms with van der Waals surface area (Å²) in [6.07, 6.45) is -0.512. The number of anilines is 1. The first-order valence-electron chi connectivity index (χ1n) is 9.19. The van der Waals surface area contributed by atoms with E-state index < -0.39 is 24.0 Å². The molecule has 3 N–H and O–H groups in total. The zero-order chi connectivity index (χ0) is 19.7. The Kier molecular flexibility index (Phi) is 5.46. The van der Waals surface area contributed by atoms with E-state index in [1.165, 1.54) is 12.1 Å².